The summed E-state index contributed by atoms with van der Waals surface area (Å²) in [5.41, 5.74) is 0.832. The lowest BCUT2D eigenvalue weighted by Crippen LogP contribution is -2.34. The molecule has 1 aromatic heterocycles. The molecule has 176 valence electrons. The maximum Gasteiger partial charge on any atom is 0.268 e. The third-order valence-electron chi connectivity index (χ3n) is 6.19. The van der Waals surface area contributed by atoms with Crippen LogP contribution in [-0.4, -0.2) is 56.5 Å². The summed E-state index contributed by atoms with van der Waals surface area (Å²) in [7, 11) is -2.46. The predicted molar refractivity (Wildman–Crippen MR) is 136 cm³/mol. The van der Waals surface area contributed by atoms with Crippen molar-refractivity contribution in [1.82, 2.24) is 14.2 Å². The molecule has 1 amide bonds. The standard InChI is InChI=1S/C25H24BrN3O4S/c1-33-23-9-10-24(19-6-3-2-5-18(19)23)34(31,32)29-16-21(20-15-17(26)7-8-22(20)29)25(30)28-13-4-11-27-12-14-28/h2-3,5-10,15-16,27H,4,11-14H2,1H3. The molecular weight excluding hydrogens is 518 g/mol. The van der Waals surface area contributed by atoms with Gasteiger partial charge < -0.3 is 15.0 Å². The van der Waals surface area contributed by atoms with E-state index < -0.39 is 10.0 Å². The van der Waals surface area contributed by atoms with E-state index in [1.54, 1.807) is 54.5 Å². The molecule has 9 heteroatoms. The molecule has 0 saturated carbocycles. The van der Waals surface area contributed by atoms with Gasteiger partial charge in [-0.15, -0.1) is 0 Å². The van der Waals surface area contributed by atoms with Gasteiger partial charge >= 0.3 is 0 Å². The predicted octanol–water partition coefficient (Wildman–Crippen LogP) is 4.24. The summed E-state index contributed by atoms with van der Waals surface area (Å²) in [6.07, 6.45) is 2.32. The number of halogens is 1. The minimum absolute atomic E-state index is 0.154. The van der Waals surface area contributed by atoms with Crippen LogP contribution in [0.15, 0.2) is 70.2 Å². The zero-order chi connectivity index (χ0) is 23.9. The molecule has 1 aliphatic heterocycles. The number of carbonyl (C=O) groups excluding carboxylic acids is 1. The fraction of sp³-hybridized carbons (Fsp3) is 0.240. The molecule has 0 atom stereocenters. The Balaban J connectivity index is 1.70. The second kappa shape index (κ2) is 9.05. The number of benzene rings is 3. The molecule has 5 rings (SSSR count). The Morgan fingerprint density at radius 1 is 1.00 bits per heavy atom. The second-order valence-electron chi connectivity index (χ2n) is 8.21. The molecule has 7 nitrogen and oxygen atoms in total. The molecule has 4 aromatic rings. The minimum atomic E-state index is -4.02. The van der Waals surface area contributed by atoms with E-state index in [-0.39, 0.29) is 10.8 Å². The number of fused-ring (bicyclic) bond motifs is 2. The number of nitrogens with one attached hydrogen (secondary N) is 1. The number of ether oxygens (including phenoxy) is 1. The van der Waals surface area contributed by atoms with E-state index in [4.69, 9.17) is 4.74 Å². The highest BCUT2D eigenvalue weighted by Gasteiger charge is 2.28. The summed E-state index contributed by atoms with van der Waals surface area (Å²) >= 11 is 3.47. The molecule has 0 bridgehead atoms. The smallest absolute Gasteiger partial charge is 0.268 e. The van der Waals surface area contributed by atoms with Crippen LogP contribution in [0.25, 0.3) is 21.7 Å². The molecule has 0 unspecified atom stereocenters. The van der Waals surface area contributed by atoms with Gasteiger partial charge in [-0.1, -0.05) is 40.2 Å². The van der Waals surface area contributed by atoms with Gasteiger partial charge in [-0.25, -0.2) is 12.4 Å². The lowest BCUT2D eigenvalue weighted by molar-refractivity contribution is 0.0768. The van der Waals surface area contributed by atoms with Crippen molar-refractivity contribution in [2.75, 3.05) is 33.3 Å². The molecule has 3 aromatic carbocycles. The average molecular weight is 542 g/mol. The third kappa shape index (κ3) is 3.87. The van der Waals surface area contributed by atoms with Crippen molar-refractivity contribution in [2.24, 2.45) is 0 Å². The van der Waals surface area contributed by atoms with Gasteiger partial charge in [-0.3, -0.25) is 4.79 Å². The number of amides is 1. The van der Waals surface area contributed by atoms with Crippen LogP contribution in [0.4, 0.5) is 0 Å². The van der Waals surface area contributed by atoms with E-state index in [1.807, 2.05) is 12.1 Å². The minimum Gasteiger partial charge on any atom is -0.496 e. The van der Waals surface area contributed by atoms with Crippen LogP contribution in [0.1, 0.15) is 16.8 Å². The summed E-state index contributed by atoms with van der Waals surface area (Å²) in [4.78, 5) is 15.5. The van der Waals surface area contributed by atoms with Crippen molar-refractivity contribution in [3.8, 4) is 5.75 Å². The molecule has 1 saturated heterocycles. The van der Waals surface area contributed by atoms with Crippen molar-refractivity contribution in [2.45, 2.75) is 11.3 Å². The van der Waals surface area contributed by atoms with Crippen molar-refractivity contribution in [3.05, 3.63) is 70.8 Å². The fourth-order valence-electron chi connectivity index (χ4n) is 4.51. The number of hydrogen-bond donors (Lipinski definition) is 1. The van der Waals surface area contributed by atoms with Crippen molar-refractivity contribution in [1.29, 1.82) is 0 Å². The van der Waals surface area contributed by atoms with Crippen LogP contribution in [-0.2, 0) is 10.0 Å². The zero-order valence-corrected chi connectivity index (χ0v) is 21.0. The van der Waals surface area contributed by atoms with Crippen LogP contribution in [0.3, 0.4) is 0 Å². The highest BCUT2D eigenvalue weighted by atomic mass is 79.9. The monoisotopic (exact) mass is 541 g/mol. The van der Waals surface area contributed by atoms with Crippen molar-refractivity contribution >= 4 is 53.5 Å². The maximum atomic E-state index is 14.0. The van der Waals surface area contributed by atoms with Gasteiger partial charge in [0.2, 0.25) is 0 Å². The fourth-order valence-corrected chi connectivity index (χ4v) is 6.44. The van der Waals surface area contributed by atoms with E-state index in [0.29, 0.717) is 52.6 Å². The van der Waals surface area contributed by atoms with Crippen LogP contribution in [0.2, 0.25) is 0 Å². The van der Waals surface area contributed by atoms with Crippen LogP contribution >= 0.6 is 15.9 Å². The van der Waals surface area contributed by atoms with Gasteiger partial charge in [-0.2, -0.15) is 0 Å². The Hall–Kier alpha value is -2.88. The first-order valence-electron chi connectivity index (χ1n) is 11.0. The van der Waals surface area contributed by atoms with E-state index >= 15 is 0 Å². The number of methoxy groups -OCH3 is 1. The summed E-state index contributed by atoms with van der Waals surface area (Å²) < 4.78 is 35.4. The Morgan fingerprint density at radius 2 is 1.79 bits per heavy atom. The van der Waals surface area contributed by atoms with E-state index in [0.717, 1.165) is 17.4 Å². The van der Waals surface area contributed by atoms with Crippen molar-refractivity contribution < 1.29 is 17.9 Å². The number of aromatic nitrogens is 1. The lowest BCUT2D eigenvalue weighted by Gasteiger charge is -2.19. The van der Waals surface area contributed by atoms with Gasteiger partial charge in [-0.05, 0) is 43.3 Å². The highest BCUT2D eigenvalue weighted by Crippen LogP contribution is 2.35. The topological polar surface area (TPSA) is 80.6 Å². The molecular formula is C25H24BrN3O4S. The number of hydrogen-bond acceptors (Lipinski definition) is 5. The van der Waals surface area contributed by atoms with E-state index in [2.05, 4.69) is 21.2 Å². The van der Waals surface area contributed by atoms with Gasteiger partial charge in [0, 0.05) is 46.5 Å². The second-order valence-corrected chi connectivity index (χ2v) is 10.9. The Labute approximate surface area is 206 Å². The number of rotatable bonds is 4. The third-order valence-corrected chi connectivity index (χ3v) is 8.42. The molecule has 1 N–H and O–H groups in total. The van der Waals surface area contributed by atoms with Gasteiger partial charge in [0.1, 0.15) is 5.75 Å². The van der Waals surface area contributed by atoms with Crippen LogP contribution in [0, 0.1) is 0 Å². The molecule has 1 fully saturated rings. The first-order valence-corrected chi connectivity index (χ1v) is 13.3. The Kier molecular flexibility index (Phi) is 6.09. The van der Waals surface area contributed by atoms with Crippen LogP contribution < -0.4 is 10.1 Å². The highest BCUT2D eigenvalue weighted by molar-refractivity contribution is 9.10. The van der Waals surface area contributed by atoms with E-state index in [9.17, 15) is 13.2 Å². The van der Waals surface area contributed by atoms with Crippen molar-refractivity contribution in [3.63, 3.8) is 0 Å². The number of carbonyl (C=O) groups is 1. The lowest BCUT2D eigenvalue weighted by atomic mass is 10.1. The maximum absolute atomic E-state index is 14.0. The average Bonchev–Trinajstić information content (AvgIpc) is 3.02. The molecule has 34 heavy (non-hydrogen) atoms. The molecule has 0 aliphatic carbocycles. The summed E-state index contributed by atoms with van der Waals surface area (Å²) in [5.74, 6) is 0.432. The molecule has 0 spiro atoms. The summed E-state index contributed by atoms with van der Waals surface area (Å²) in [5, 5.41) is 5.16. The van der Waals surface area contributed by atoms with Gasteiger partial charge in [0.05, 0.1) is 23.1 Å². The molecule has 0 radical (unpaired) electrons. The first-order chi connectivity index (χ1) is 16.4. The summed E-state index contributed by atoms with van der Waals surface area (Å²) in [6.45, 7) is 2.78. The number of nitrogens with zero attached hydrogens (tertiary/aromatic N) is 2. The SMILES string of the molecule is COc1ccc(S(=O)(=O)n2cc(C(=O)N3CCCNCC3)c3cc(Br)ccc32)c2ccccc12. The first kappa shape index (κ1) is 22.9. The normalized spacial score (nSPS) is 14.9. The van der Waals surface area contributed by atoms with E-state index in [1.165, 1.54) is 10.2 Å². The quantitative estimate of drug-likeness (QED) is 0.418. The van der Waals surface area contributed by atoms with Crippen LogP contribution in [0.5, 0.6) is 5.75 Å². The Bertz CT molecular complexity index is 1510. The largest absolute Gasteiger partial charge is 0.496 e. The molecule has 2 heterocycles. The van der Waals surface area contributed by atoms with Gasteiger partial charge in [0.15, 0.2) is 0 Å². The summed E-state index contributed by atoms with van der Waals surface area (Å²) in [6, 6.07) is 15.8. The zero-order valence-electron chi connectivity index (χ0n) is 18.6. The Morgan fingerprint density at radius 3 is 2.59 bits per heavy atom. The molecule has 1 aliphatic rings. The van der Waals surface area contributed by atoms with Gasteiger partial charge in [0.25, 0.3) is 15.9 Å².